The lowest BCUT2D eigenvalue weighted by atomic mass is 10.0. The third-order valence-corrected chi connectivity index (χ3v) is 4.75. The van der Waals surface area contributed by atoms with Crippen LogP contribution in [0.25, 0.3) is 0 Å². The minimum absolute atomic E-state index is 0.499. The van der Waals surface area contributed by atoms with Crippen LogP contribution in [0.4, 0.5) is 0 Å². The molecule has 2 rings (SSSR count). The van der Waals surface area contributed by atoms with Crippen LogP contribution in [0.3, 0.4) is 0 Å². The Morgan fingerprint density at radius 1 is 1.43 bits per heavy atom. The maximum absolute atomic E-state index is 4.62. The molecule has 0 bridgehead atoms. The van der Waals surface area contributed by atoms with Crippen molar-refractivity contribution < 1.29 is 0 Å². The lowest BCUT2D eigenvalue weighted by molar-refractivity contribution is 0.159. The van der Waals surface area contributed by atoms with E-state index in [1.54, 1.807) is 0 Å². The molecule has 4 heteroatoms. The monoisotopic (exact) mass is 292 g/mol. The van der Waals surface area contributed by atoms with Crippen LogP contribution >= 0.6 is 0 Å². The molecule has 0 spiro atoms. The number of aromatic nitrogens is 2. The Kier molecular flexibility index (Phi) is 6.71. The molecule has 1 N–H and O–H groups in total. The number of nitrogens with one attached hydrogen (secondary N) is 1. The molecule has 120 valence electrons. The highest BCUT2D eigenvalue weighted by atomic mass is 15.3. The smallest absolute Gasteiger partial charge is 0.0762 e. The van der Waals surface area contributed by atoms with Crippen LogP contribution in [-0.4, -0.2) is 40.4 Å². The molecule has 1 saturated heterocycles. The van der Waals surface area contributed by atoms with Crippen molar-refractivity contribution in [2.45, 2.75) is 71.5 Å². The van der Waals surface area contributed by atoms with E-state index < -0.39 is 0 Å². The average Bonchev–Trinajstić information content (AvgIpc) is 2.97. The number of hydrogen-bond donors (Lipinski definition) is 1. The summed E-state index contributed by atoms with van der Waals surface area (Å²) in [4.78, 5) is 2.64. The molecule has 0 radical (unpaired) electrons. The second-order valence-corrected chi connectivity index (χ2v) is 6.46. The minimum Gasteiger partial charge on any atom is -0.311 e. The van der Waals surface area contributed by atoms with E-state index in [0.717, 1.165) is 31.2 Å². The molecule has 2 heterocycles. The standard InChI is InChI=1S/C17H32N4/c1-4-15(2)21-13-9-17(19-21)14-18-10-7-12-20-11-6-5-8-16(20)3/h9,13,15-16,18H,4-8,10-12,14H2,1-3H3. The van der Waals surface area contributed by atoms with Crippen LogP contribution in [-0.2, 0) is 6.54 Å². The third-order valence-electron chi connectivity index (χ3n) is 4.75. The topological polar surface area (TPSA) is 33.1 Å². The number of hydrogen-bond acceptors (Lipinski definition) is 3. The fraction of sp³-hybridized carbons (Fsp3) is 0.824. The van der Waals surface area contributed by atoms with E-state index in [-0.39, 0.29) is 0 Å². The summed E-state index contributed by atoms with van der Waals surface area (Å²) in [6.45, 7) is 11.3. The zero-order valence-corrected chi connectivity index (χ0v) is 14.0. The molecule has 4 nitrogen and oxygen atoms in total. The first-order valence-electron chi connectivity index (χ1n) is 8.69. The fourth-order valence-electron chi connectivity index (χ4n) is 3.02. The van der Waals surface area contributed by atoms with E-state index in [1.807, 2.05) is 0 Å². The Balaban J connectivity index is 1.60. The van der Waals surface area contributed by atoms with Gasteiger partial charge in [-0.05, 0) is 65.2 Å². The lowest BCUT2D eigenvalue weighted by Gasteiger charge is -2.33. The van der Waals surface area contributed by atoms with E-state index >= 15 is 0 Å². The molecule has 0 saturated carbocycles. The first-order chi connectivity index (χ1) is 10.2. The minimum atomic E-state index is 0.499. The zero-order valence-electron chi connectivity index (χ0n) is 14.0. The van der Waals surface area contributed by atoms with Gasteiger partial charge in [-0.2, -0.15) is 5.10 Å². The highest BCUT2D eigenvalue weighted by Gasteiger charge is 2.16. The van der Waals surface area contributed by atoms with Crippen molar-refractivity contribution in [2.24, 2.45) is 0 Å². The van der Waals surface area contributed by atoms with E-state index in [4.69, 9.17) is 0 Å². The van der Waals surface area contributed by atoms with Gasteiger partial charge in [0.15, 0.2) is 0 Å². The Morgan fingerprint density at radius 3 is 3.05 bits per heavy atom. The van der Waals surface area contributed by atoms with Crippen molar-refractivity contribution in [3.8, 4) is 0 Å². The molecule has 21 heavy (non-hydrogen) atoms. The average molecular weight is 292 g/mol. The molecular weight excluding hydrogens is 260 g/mol. The van der Waals surface area contributed by atoms with Crippen LogP contribution in [0.1, 0.15) is 64.6 Å². The molecule has 0 amide bonds. The van der Waals surface area contributed by atoms with Gasteiger partial charge in [-0.3, -0.25) is 4.68 Å². The van der Waals surface area contributed by atoms with Crippen molar-refractivity contribution >= 4 is 0 Å². The maximum Gasteiger partial charge on any atom is 0.0762 e. The molecule has 2 unspecified atom stereocenters. The normalized spacial score (nSPS) is 21.6. The predicted octanol–water partition coefficient (Wildman–Crippen LogP) is 3.21. The van der Waals surface area contributed by atoms with Crippen molar-refractivity contribution in [1.82, 2.24) is 20.0 Å². The summed E-state index contributed by atoms with van der Waals surface area (Å²) in [6, 6.07) is 3.41. The van der Waals surface area contributed by atoms with E-state index in [2.05, 4.69) is 53.0 Å². The molecule has 1 aliphatic heterocycles. The number of nitrogens with zero attached hydrogens (tertiary/aromatic N) is 3. The van der Waals surface area contributed by atoms with Gasteiger partial charge in [-0.1, -0.05) is 13.3 Å². The first kappa shape index (κ1) is 16.5. The van der Waals surface area contributed by atoms with Crippen LogP contribution in [0, 0.1) is 0 Å². The molecule has 1 fully saturated rings. The Bertz CT molecular complexity index is 401. The van der Waals surface area contributed by atoms with E-state index in [1.165, 1.54) is 38.8 Å². The Morgan fingerprint density at radius 2 is 2.29 bits per heavy atom. The van der Waals surface area contributed by atoms with Gasteiger partial charge < -0.3 is 10.2 Å². The summed E-state index contributed by atoms with van der Waals surface area (Å²) < 4.78 is 2.08. The van der Waals surface area contributed by atoms with E-state index in [0.29, 0.717) is 6.04 Å². The van der Waals surface area contributed by atoms with Crippen LogP contribution < -0.4 is 5.32 Å². The lowest BCUT2D eigenvalue weighted by Crippen LogP contribution is -2.38. The number of rotatable bonds is 8. The highest BCUT2D eigenvalue weighted by Crippen LogP contribution is 2.16. The van der Waals surface area contributed by atoms with E-state index in [9.17, 15) is 0 Å². The molecule has 1 aromatic rings. The Labute approximate surface area is 129 Å². The third kappa shape index (κ3) is 5.11. The molecule has 1 aromatic heterocycles. The first-order valence-corrected chi connectivity index (χ1v) is 8.69. The summed E-state index contributed by atoms with van der Waals surface area (Å²) in [6.07, 6.45) is 8.62. The summed E-state index contributed by atoms with van der Waals surface area (Å²) in [5.74, 6) is 0. The SMILES string of the molecule is CCC(C)n1ccc(CNCCCN2CCCCC2C)n1. The van der Waals surface area contributed by atoms with Gasteiger partial charge in [0.25, 0.3) is 0 Å². The van der Waals surface area contributed by atoms with Gasteiger partial charge in [-0.25, -0.2) is 0 Å². The van der Waals surface area contributed by atoms with Gasteiger partial charge in [0, 0.05) is 24.8 Å². The summed E-state index contributed by atoms with van der Waals surface area (Å²) >= 11 is 0. The predicted molar refractivity (Wildman–Crippen MR) is 88.4 cm³/mol. The van der Waals surface area contributed by atoms with Crippen molar-refractivity contribution in [3.63, 3.8) is 0 Å². The largest absolute Gasteiger partial charge is 0.311 e. The van der Waals surface area contributed by atoms with Crippen molar-refractivity contribution in [1.29, 1.82) is 0 Å². The van der Waals surface area contributed by atoms with Crippen LogP contribution in [0.5, 0.6) is 0 Å². The number of likely N-dealkylation sites (tertiary alicyclic amines) is 1. The van der Waals surface area contributed by atoms with Crippen molar-refractivity contribution in [3.05, 3.63) is 18.0 Å². The number of piperidine rings is 1. The maximum atomic E-state index is 4.62. The molecule has 1 aliphatic rings. The highest BCUT2D eigenvalue weighted by molar-refractivity contribution is 4.99. The van der Waals surface area contributed by atoms with Gasteiger partial charge in [0.1, 0.15) is 0 Å². The molecule has 2 atom stereocenters. The summed E-state index contributed by atoms with van der Waals surface area (Å²) in [5.41, 5.74) is 1.15. The summed E-state index contributed by atoms with van der Waals surface area (Å²) in [5, 5.41) is 8.15. The van der Waals surface area contributed by atoms with Crippen LogP contribution in [0.15, 0.2) is 12.3 Å². The molecule has 0 aliphatic carbocycles. The second-order valence-electron chi connectivity index (χ2n) is 6.46. The zero-order chi connectivity index (χ0) is 15.1. The van der Waals surface area contributed by atoms with Gasteiger partial charge >= 0.3 is 0 Å². The van der Waals surface area contributed by atoms with Crippen LogP contribution in [0.2, 0.25) is 0 Å². The second kappa shape index (κ2) is 8.54. The van der Waals surface area contributed by atoms with Gasteiger partial charge in [0.2, 0.25) is 0 Å². The molecule has 0 aromatic carbocycles. The van der Waals surface area contributed by atoms with Gasteiger partial charge in [0.05, 0.1) is 5.69 Å². The summed E-state index contributed by atoms with van der Waals surface area (Å²) in [7, 11) is 0. The fourth-order valence-corrected chi connectivity index (χ4v) is 3.02. The quantitative estimate of drug-likeness (QED) is 0.747. The van der Waals surface area contributed by atoms with Crippen molar-refractivity contribution in [2.75, 3.05) is 19.6 Å². The Hall–Kier alpha value is -0.870. The van der Waals surface area contributed by atoms with Gasteiger partial charge in [-0.15, -0.1) is 0 Å². The molecular formula is C17H32N4.